The van der Waals surface area contributed by atoms with Crippen LogP contribution in [0.4, 0.5) is 0 Å². The van der Waals surface area contributed by atoms with Gasteiger partial charge in [-0.25, -0.2) is 0 Å². The number of thioether (sulfide) groups is 1. The van der Waals surface area contributed by atoms with Gasteiger partial charge in [-0.2, -0.15) is 0 Å². The maximum atomic E-state index is 12.0. The number of carbonyl (C=O) groups excluding carboxylic acids is 1. The highest BCUT2D eigenvalue weighted by atomic mass is 32.2. The molecule has 1 amide bonds. The Kier molecular flexibility index (Phi) is 5.92. The van der Waals surface area contributed by atoms with E-state index in [0.29, 0.717) is 6.54 Å². The Morgan fingerprint density at radius 3 is 2.80 bits per heavy atom. The van der Waals surface area contributed by atoms with Gasteiger partial charge in [0, 0.05) is 29.0 Å². The largest absolute Gasteiger partial charge is 0.393 e. The van der Waals surface area contributed by atoms with Gasteiger partial charge in [0.2, 0.25) is 5.91 Å². The molecular weight excluding hydrogens is 270 g/mol. The van der Waals surface area contributed by atoms with E-state index in [-0.39, 0.29) is 23.8 Å². The summed E-state index contributed by atoms with van der Waals surface area (Å²) in [7, 11) is 0. The van der Waals surface area contributed by atoms with Crippen LogP contribution in [0.3, 0.4) is 0 Å². The number of nitrogens with one attached hydrogen (secondary N) is 1. The molecule has 2 rings (SSSR count). The molecule has 3 unspecified atom stereocenters. The molecule has 0 radical (unpaired) electrons. The summed E-state index contributed by atoms with van der Waals surface area (Å²) in [5.74, 6) is 1.10. The minimum atomic E-state index is -0.232. The first-order valence-electron chi connectivity index (χ1n) is 7.30. The van der Waals surface area contributed by atoms with Crippen molar-refractivity contribution in [1.82, 2.24) is 5.32 Å². The van der Waals surface area contributed by atoms with Crippen LogP contribution < -0.4 is 5.32 Å². The van der Waals surface area contributed by atoms with Crippen LogP contribution in [-0.4, -0.2) is 29.4 Å². The maximum absolute atomic E-state index is 12.0. The molecule has 110 valence electrons. The predicted octanol–water partition coefficient (Wildman–Crippen LogP) is 2.69. The van der Waals surface area contributed by atoms with E-state index in [4.69, 9.17) is 0 Å². The van der Waals surface area contributed by atoms with Crippen LogP contribution in [0.15, 0.2) is 35.2 Å². The van der Waals surface area contributed by atoms with E-state index in [1.807, 2.05) is 25.1 Å². The van der Waals surface area contributed by atoms with Gasteiger partial charge in [0.15, 0.2) is 0 Å². The number of benzene rings is 1. The Hall–Kier alpha value is -1.00. The van der Waals surface area contributed by atoms with Crippen molar-refractivity contribution in [2.24, 2.45) is 11.8 Å². The van der Waals surface area contributed by atoms with Crippen LogP contribution in [0.25, 0.3) is 0 Å². The molecule has 1 aromatic carbocycles. The van der Waals surface area contributed by atoms with Crippen molar-refractivity contribution in [3.05, 3.63) is 30.3 Å². The molecule has 0 saturated heterocycles. The Morgan fingerprint density at radius 1 is 1.40 bits per heavy atom. The number of aliphatic hydroxyl groups is 1. The summed E-state index contributed by atoms with van der Waals surface area (Å²) >= 11 is 1.71. The van der Waals surface area contributed by atoms with E-state index in [0.717, 1.165) is 25.0 Å². The predicted molar refractivity (Wildman–Crippen MR) is 82.7 cm³/mol. The number of hydrogen-bond donors (Lipinski definition) is 2. The molecule has 1 fully saturated rings. The molecule has 1 aliphatic rings. The second kappa shape index (κ2) is 7.70. The van der Waals surface area contributed by atoms with E-state index in [2.05, 4.69) is 17.4 Å². The topological polar surface area (TPSA) is 49.3 Å². The summed E-state index contributed by atoms with van der Waals surface area (Å²) in [5.41, 5.74) is 0. The van der Waals surface area contributed by atoms with Gasteiger partial charge in [0.05, 0.1) is 6.10 Å². The van der Waals surface area contributed by atoms with Crippen molar-refractivity contribution < 1.29 is 9.90 Å². The van der Waals surface area contributed by atoms with Crippen LogP contribution in [0.5, 0.6) is 0 Å². The van der Waals surface area contributed by atoms with Gasteiger partial charge in [-0.05, 0) is 25.0 Å². The first kappa shape index (κ1) is 15.4. The van der Waals surface area contributed by atoms with Crippen molar-refractivity contribution in [2.45, 2.75) is 37.2 Å². The molecule has 20 heavy (non-hydrogen) atoms. The van der Waals surface area contributed by atoms with Crippen LogP contribution in [0, 0.1) is 11.8 Å². The number of carbonyl (C=O) groups is 1. The summed E-state index contributed by atoms with van der Waals surface area (Å²) in [5, 5.41) is 12.7. The normalized spacial score (nSPS) is 23.5. The first-order chi connectivity index (χ1) is 9.66. The maximum Gasteiger partial charge on any atom is 0.223 e. The third kappa shape index (κ3) is 4.53. The molecule has 1 aromatic rings. The summed E-state index contributed by atoms with van der Waals surface area (Å²) in [6, 6.07) is 10.1. The Bertz CT molecular complexity index is 424. The van der Waals surface area contributed by atoms with Crippen molar-refractivity contribution in [2.75, 3.05) is 12.3 Å². The van der Waals surface area contributed by atoms with Gasteiger partial charge in [-0.15, -0.1) is 11.8 Å². The van der Waals surface area contributed by atoms with Gasteiger partial charge < -0.3 is 10.4 Å². The number of rotatable bonds is 6. The monoisotopic (exact) mass is 293 g/mol. The van der Waals surface area contributed by atoms with Crippen molar-refractivity contribution in [3.8, 4) is 0 Å². The lowest BCUT2D eigenvalue weighted by Gasteiger charge is -2.17. The molecule has 1 aliphatic carbocycles. The van der Waals surface area contributed by atoms with Gasteiger partial charge in [-0.3, -0.25) is 4.79 Å². The van der Waals surface area contributed by atoms with Gasteiger partial charge in [0.25, 0.3) is 0 Å². The quantitative estimate of drug-likeness (QED) is 0.793. The second-order valence-electron chi connectivity index (χ2n) is 5.53. The zero-order valence-electron chi connectivity index (χ0n) is 11.9. The average molecular weight is 293 g/mol. The third-order valence-electron chi connectivity index (χ3n) is 3.85. The van der Waals surface area contributed by atoms with E-state index < -0.39 is 0 Å². The van der Waals surface area contributed by atoms with E-state index >= 15 is 0 Å². The van der Waals surface area contributed by atoms with Crippen LogP contribution in [0.1, 0.15) is 26.2 Å². The molecule has 3 atom stereocenters. The molecule has 0 aliphatic heterocycles. The summed E-state index contributed by atoms with van der Waals surface area (Å²) in [6.45, 7) is 2.57. The number of amides is 1. The van der Waals surface area contributed by atoms with Crippen molar-refractivity contribution >= 4 is 17.7 Å². The Balaban J connectivity index is 1.69. The van der Waals surface area contributed by atoms with Gasteiger partial charge in [0.1, 0.15) is 0 Å². The molecule has 4 heteroatoms. The zero-order chi connectivity index (χ0) is 14.4. The van der Waals surface area contributed by atoms with Crippen LogP contribution in [-0.2, 0) is 4.79 Å². The summed E-state index contributed by atoms with van der Waals surface area (Å²) in [4.78, 5) is 13.2. The number of hydrogen-bond acceptors (Lipinski definition) is 3. The lowest BCUT2D eigenvalue weighted by atomic mass is 10.1. The third-order valence-corrected chi connectivity index (χ3v) is 5.12. The van der Waals surface area contributed by atoms with Gasteiger partial charge >= 0.3 is 0 Å². The molecule has 1 saturated carbocycles. The highest BCUT2D eigenvalue weighted by Gasteiger charge is 2.25. The molecule has 0 heterocycles. The number of aliphatic hydroxyl groups excluding tert-OH is 1. The van der Waals surface area contributed by atoms with E-state index in [1.165, 1.54) is 4.90 Å². The molecule has 0 spiro atoms. The first-order valence-corrected chi connectivity index (χ1v) is 8.29. The van der Waals surface area contributed by atoms with Gasteiger partial charge in [-0.1, -0.05) is 31.5 Å². The van der Waals surface area contributed by atoms with Crippen molar-refractivity contribution in [1.29, 1.82) is 0 Å². The van der Waals surface area contributed by atoms with Crippen molar-refractivity contribution in [3.63, 3.8) is 0 Å². The standard InChI is InChI=1S/C16H23NO2S/c1-12(11-20-14-7-3-2-4-8-14)16(19)17-10-13-6-5-9-15(13)18/h2-4,7-8,12-13,15,18H,5-6,9-11H2,1H3,(H,17,19). The minimum Gasteiger partial charge on any atom is -0.393 e. The van der Waals surface area contributed by atoms with E-state index in [9.17, 15) is 9.90 Å². The average Bonchev–Trinajstić information content (AvgIpc) is 2.88. The van der Waals surface area contributed by atoms with Crippen LogP contribution in [0.2, 0.25) is 0 Å². The second-order valence-corrected chi connectivity index (χ2v) is 6.62. The summed E-state index contributed by atoms with van der Waals surface area (Å²) in [6.07, 6.45) is 2.74. The highest BCUT2D eigenvalue weighted by Crippen LogP contribution is 2.25. The summed E-state index contributed by atoms with van der Waals surface area (Å²) < 4.78 is 0. The molecule has 0 aromatic heterocycles. The van der Waals surface area contributed by atoms with E-state index in [1.54, 1.807) is 11.8 Å². The fourth-order valence-corrected chi connectivity index (χ4v) is 3.42. The molecule has 0 bridgehead atoms. The highest BCUT2D eigenvalue weighted by molar-refractivity contribution is 7.99. The fraction of sp³-hybridized carbons (Fsp3) is 0.562. The Labute approximate surface area is 125 Å². The SMILES string of the molecule is CC(CSc1ccccc1)C(=O)NCC1CCCC1O. The zero-order valence-corrected chi connectivity index (χ0v) is 12.7. The molecular formula is C16H23NO2S. The molecule has 2 N–H and O–H groups in total. The minimum absolute atomic E-state index is 0.0150. The van der Waals surface area contributed by atoms with Crippen LogP contribution >= 0.6 is 11.8 Å². The molecule has 3 nitrogen and oxygen atoms in total. The smallest absolute Gasteiger partial charge is 0.223 e. The fourth-order valence-electron chi connectivity index (χ4n) is 2.47. The Morgan fingerprint density at radius 2 is 2.15 bits per heavy atom. The lowest BCUT2D eigenvalue weighted by Crippen LogP contribution is -2.36. The lowest BCUT2D eigenvalue weighted by molar-refractivity contribution is -0.124.